The van der Waals surface area contributed by atoms with Crippen LogP contribution in [-0.2, 0) is 0 Å². The second-order valence-electron chi connectivity index (χ2n) is 5.24. The van der Waals surface area contributed by atoms with Crippen molar-refractivity contribution in [3.63, 3.8) is 0 Å². The zero-order chi connectivity index (χ0) is 13.9. The minimum Gasteiger partial charge on any atom is -0.473 e. The van der Waals surface area contributed by atoms with Crippen LogP contribution in [0, 0.1) is 22.5 Å². The molecule has 1 rings (SSSR count). The summed E-state index contributed by atoms with van der Waals surface area (Å²) in [6.07, 6.45) is 0.757. The number of rotatable bonds is 4. The molecular formula is C11H18N4O3. The van der Waals surface area contributed by atoms with E-state index in [-0.39, 0.29) is 28.6 Å². The van der Waals surface area contributed by atoms with Gasteiger partial charge in [-0.1, -0.05) is 20.8 Å². The molecular weight excluding hydrogens is 236 g/mol. The highest BCUT2D eigenvalue weighted by molar-refractivity contribution is 5.47. The number of anilines is 1. The molecule has 2 N–H and O–H groups in total. The summed E-state index contributed by atoms with van der Waals surface area (Å²) < 4.78 is 5.36. The zero-order valence-electron chi connectivity index (χ0n) is 11.1. The van der Waals surface area contributed by atoms with Gasteiger partial charge in [0.15, 0.2) is 0 Å². The maximum atomic E-state index is 10.9. The van der Waals surface area contributed by atoms with Crippen molar-refractivity contribution in [1.82, 2.24) is 9.97 Å². The number of nitrogens with two attached hydrogens (primary N) is 1. The Hall–Kier alpha value is -1.92. The Kier molecular flexibility index (Phi) is 4.05. The van der Waals surface area contributed by atoms with Crippen LogP contribution in [0.3, 0.4) is 0 Å². The summed E-state index contributed by atoms with van der Waals surface area (Å²) in [4.78, 5) is 17.9. The van der Waals surface area contributed by atoms with E-state index in [0.717, 1.165) is 6.42 Å². The molecule has 0 aliphatic carbocycles. The Morgan fingerprint density at radius 1 is 1.39 bits per heavy atom. The number of ether oxygens (including phenoxy) is 1. The quantitative estimate of drug-likeness (QED) is 0.651. The van der Waals surface area contributed by atoms with Crippen LogP contribution in [0.1, 0.15) is 32.9 Å². The van der Waals surface area contributed by atoms with Gasteiger partial charge in [-0.05, 0) is 18.8 Å². The number of nitro groups is 1. The van der Waals surface area contributed by atoms with Crippen molar-refractivity contribution in [1.29, 1.82) is 0 Å². The second-order valence-corrected chi connectivity index (χ2v) is 5.24. The molecule has 0 saturated heterocycles. The lowest BCUT2D eigenvalue weighted by Gasteiger charge is -2.17. The average molecular weight is 254 g/mol. The summed E-state index contributed by atoms with van der Waals surface area (Å²) in [5.41, 5.74) is 5.53. The Morgan fingerprint density at radius 2 is 2.00 bits per heavy atom. The van der Waals surface area contributed by atoms with Crippen molar-refractivity contribution in [3.05, 3.63) is 15.8 Å². The highest BCUT2D eigenvalue weighted by Crippen LogP contribution is 2.28. The predicted octanol–water partition coefficient (Wildman–Crippen LogP) is 2.09. The molecule has 0 aromatic carbocycles. The van der Waals surface area contributed by atoms with Gasteiger partial charge >= 0.3 is 5.69 Å². The first-order valence-electron chi connectivity index (χ1n) is 5.62. The molecule has 0 bridgehead atoms. The molecule has 1 aromatic heterocycles. The third-order valence-electron chi connectivity index (χ3n) is 2.32. The number of hydrogen-bond donors (Lipinski definition) is 1. The number of hydrogen-bond acceptors (Lipinski definition) is 6. The molecule has 7 nitrogen and oxygen atoms in total. The molecule has 0 saturated carbocycles. The molecule has 100 valence electrons. The average Bonchev–Trinajstić information content (AvgIpc) is 2.13. The standard InChI is InChI=1S/C11H18N4O3/c1-7-8(15(16)17)9(14-10(12)13-7)18-6-5-11(2,3)4/h5-6H2,1-4H3,(H2,12,13,14). The highest BCUT2D eigenvalue weighted by Gasteiger charge is 2.23. The monoisotopic (exact) mass is 254 g/mol. The largest absolute Gasteiger partial charge is 0.473 e. The van der Waals surface area contributed by atoms with E-state index >= 15 is 0 Å². The highest BCUT2D eigenvalue weighted by atomic mass is 16.6. The summed E-state index contributed by atoms with van der Waals surface area (Å²) in [5.74, 6) is -0.0851. The van der Waals surface area contributed by atoms with Gasteiger partial charge in [-0.25, -0.2) is 4.98 Å². The third kappa shape index (κ3) is 3.83. The van der Waals surface area contributed by atoms with Crippen molar-refractivity contribution in [3.8, 4) is 5.88 Å². The minimum atomic E-state index is -0.554. The molecule has 0 radical (unpaired) electrons. The van der Waals surface area contributed by atoms with Crippen molar-refractivity contribution in [2.75, 3.05) is 12.3 Å². The zero-order valence-corrected chi connectivity index (χ0v) is 11.1. The SMILES string of the molecule is Cc1nc(N)nc(OCCC(C)(C)C)c1[N+](=O)[O-]. The fourth-order valence-electron chi connectivity index (χ4n) is 1.33. The van der Waals surface area contributed by atoms with Crippen LogP contribution in [0.4, 0.5) is 11.6 Å². The van der Waals surface area contributed by atoms with Crippen LogP contribution in [0.2, 0.25) is 0 Å². The molecule has 0 aliphatic heterocycles. The van der Waals surface area contributed by atoms with Crippen LogP contribution >= 0.6 is 0 Å². The number of nitrogens with zero attached hydrogens (tertiary/aromatic N) is 3. The van der Waals surface area contributed by atoms with Gasteiger partial charge in [0.05, 0.1) is 11.5 Å². The Balaban J connectivity index is 2.90. The predicted molar refractivity (Wildman–Crippen MR) is 67.4 cm³/mol. The van der Waals surface area contributed by atoms with Gasteiger partial charge in [0.25, 0.3) is 5.88 Å². The lowest BCUT2D eigenvalue weighted by molar-refractivity contribution is -0.387. The Bertz CT molecular complexity index is 454. The molecule has 0 unspecified atom stereocenters. The van der Waals surface area contributed by atoms with E-state index in [4.69, 9.17) is 10.5 Å². The second kappa shape index (κ2) is 5.16. The first-order chi connectivity index (χ1) is 8.20. The van der Waals surface area contributed by atoms with Crippen LogP contribution in [0.25, 0.3) is 0 Å². The summed E-state index contributed by atoms with van der Waals surface area (Å²) in [5, 5.41) is 10.9. The van der Waals surface area contributed by atoms with Gasteiger partial charge in [0.1, 0.15) is 5.69 Å². The molecule has 7 heteroatoms. The van der Waals surface area contributed by atoms with E-state index in [0.29, 0.717) is 6.61 Å². The molecule has 0 spiro atoms. The van der Waals surface area contributed by atoms with E-state index in [1.165, 1.54) is 6.92 Å². The lowest BCUT2D eigenvalue weighted by Crippen LogP contribution is -2.13. The normalized spacial score (nSPS) is 11.3. The van der Waals surface area contributed by atoms with Crippen molar-refractivity contribution >= 4 is 11.6 Å². The van der Waals surface area contributed by atoms with Gasteiger partial charge < -0.3 is 10.5 Å². The summed E-state index contributed by atoms with van der Waals surface area (Å²) in [7, 11) is 0. The smallest absolute Gasteiger partial charge is 0.352 e. The summed E-state index contributed by atoms with van der Waals surface area (Å²) >= 11 is 0. The van der Waals surface area contributed by atoms with Gasteiger partial charge in [-0.15, -0.1) is 0 Å². The van der Waals surface area contributed by atoms with Gasteiger partial charge in [-0.2, -0.15) is 4.98 Å². The van der Waals surface area contributed by atoms with Gasteiger partial charge in [-0.3, -0.25) is 10.1 Å². The summed E-state index contributed by atoms with van der Waals surface area (Å²) in [6.45, 7) is 8.03. The van der Waals surface area contributed by atoms with Crippen LogP contribution in [0.5, 0.6) is 5.88 Å². The molecule has 0 atom stereocenters. The van der Waals surface area contributed by atoms with E-state index < -0.39 is 4.92 Å². The maximum absolute atomic E-state index is 10.9. The fourth-order valence-corrected chi connectivity index (χ4v) is 1.33. The van der Waals surface area contributed by atoms with E-state index in [2.05, 4.69) is 30.7 Å². The number of nitrogen functional groups attached to an aromatic ring is 1. The molecule has 1 heterocycles. The van der Waals surface area contributed by atoms with E-state index in [9.17, 15) is 10.1 Å². The molecule has 1 aromatic rings. The van der Waals surface area contributed by atoms with Gasteiger partial charge in [0, 0.05) is 0 Å². The van der Waals surface area contributed by atoms with Crippen LogP contribution in [0.15, 0.2) is 0 Å². The van der Waals surface area contributed by atoms with Crippen LogP contribution < -0.4 is 10.5 Å². The van der Waals surface area contributed by atoms with E-state index in [1.807, 2.05) is 0 Å². The Labute approximate surface area is 106 Å². The molecule has 0 fully saturated rings. The maximum Gasteiger partial charge on any atom is 0.352 e. The molecule has 0 amide bonds. The third-order valence-corrected chi connectivity index (χ3v) is 2.32. The number of aryl methyl sites for hydroxylation is 1. The van der Waals surface area contributed by atoms with Crippen molar-refractivity contribution in [2.45, 2.75) is 34.1 Å². The lowest BCUT2D eigenvalue weighted by atomic mass is 9.93. The Morgan fingerprint density at radius 3 is 2.50 bits per heavy atom. The topological polar surface area (TPSA) is 104 Å². The van der Waals surface area contributed by atoms with E-state index in [1.54, 1.807) is 0 Å². The van der Waals surface area contributed by atoms with Crippen LogP contribution in [-0.4, -0.2) is 21.5 Å². The van der Waals surface area contributed by atoms with Crippen molar-refractivity contribution in [2.24, 2.45) is 5.41 Å². The molecule has 18 heavy (non-hydrogen) atoms. The first-order valence-corrected chi connectivity index (χ1v) is 5.62. The number of aromatic nitrogens is 2. The first kappa shape index (κ1) is 14.1. The fraction of sp³-hybridized carbons (Fsp3) is 0.636. The summed E-state index contributed by atoms with van der Waals surface area (Å²) in [6, 6.07) is 0. The minimum absolute atomic E-state index is 0.0242. The molecule has 0 aliphatic rings. The van der Waals surface area contributed by atoms with Gasteiger partial charge in [0.2, 0.25) is 5.95 Å². The van der Waals surface area contributed by atoms with Crippen molar-refractivity contribution < 1.29 is 9.66 Å².